The Morgan fingerprint density at radius 2 is 1.88 bits per heavy atom. The van der Waals surface area contributed by atoms with E-state index in [9.17, 15) is 9.90 Å². The van der Waals surface area contributed by atoms with Crippen LogP contribution in [0.2, 0.25) is 0 Å². The molecule has 25 heavy (non-hydrogen) atoms. The molecule has 0 bridgehead atoms. The van der Waals surface area contributed by atoms with E-state index >= 15 is 0 Å². The summed E-state index contributed by atoms with van der Waals surface area (Å²) in [4.78, 5) is 12.0. The average molecular weight is 357 g/mol. The van der Waals surface area contributed by atoms with Crippen molar-refractivity contribution in [3.8, 4) is 5.75 Å². The van der Waals surface area contributed by atoms with E-state index in [1.54, 1.807) is 29.9 Å². The Bertz CT molecular complexity index is 902. The fraction of sp³-hybridized carbons (Fsp3) is 0.0556. The molecule has 0 aliphatic rings. The van der Waals surface area contributed by atoms with E-state index in [1.165, 1.54) is 6.21 Å². The number of nitrogens with one attached hydrogen (secondary N) is 2. The van der Waals surface area contributed by atoms with Crippen molar-refractivity contribution < 1.29 is 26.9 Å². The van der Waals surface area contributed by atoms with Gasteiger partial charge in [0.2, 0.25) is 0 Å². The third-order valence-corrected chi connectivity index (χ3v) is 3.60. The monoisotopic (exact) mass is 356 g/mol. The summed E-state index contributed by atoms with van der Waals surface area (Å²) < 4.78 is 1.70. The molecule has 0 spiro atoms. The Hall–Kier alpha value is -3.12. The minimum absolute atomic E-state index is 0. The maximum absolute atomic E-state index is 12.0. The normalized spacial score (nSPS) is 10.4. The first kappa shape index (κ1) is 18.2. The van der Waals surface area contributed by atoms with Gasteiger partial charge < -0.3 is 22.8 Å². The Labute approximate surface area is 151 Å². The van der Waals surface area contributed by atoms with Gasteiger partial charge in [0.05, 0.1) is 5.69 Å². The van der Waals surface area contributed by atoms with Crippen molar-refractivity contribution in [2.75, 3.05) is 5.32 Å². The SMILES string of the molecule is C[n+]1cccc(O)c1C=NNC(=O)Nc1cccc2ccccc12.[Cl-]. The second kappa shape index (κ2) is 8.12. The van der Waals surface area contributed by atoms with Gasteiger partial charge in [0.25, 0.3) is 5.69 Å². The number of urea groups is 1. The molecule has 1 aromatic heterocycles. The highest BCUT2D eigenvalue weighted by Crippen LogP contribution is 2.22. The van der Waals surface area contributed by atoms with E-state index in [0.717, 1.165) is 10.8 Å². The first-order valence-corrected chi connectivity index (χ1v) is 7.40. The van der Waals surface area contributed by atoms with Gasteiger partial charge in [0, 0.05) is 11.5 Å². The molecule has 0 radical (unpaired) electrons. The molecule has 0 aliphatic heterocycles. The van der Waals surface area contributed by atoms with Gasteiger partial charge in [-0.1, -0.05) is 36.4 Å². The standard InChI is InChI=1S/C18H16N4O2.ClH/c1-22-11-5-10-17(23)16(22)12-19-21-18(24)20-15-9-4-7-13-6-2-3-8-14(13)15;/h2-12H,1H3,(H2,20,23,24);1H. The molecule has 3 rings (SSSR count). The number of aromatic nitrogens is 1. The number of hydrogen-bond acceptors (Lipinski definition) is 3. The van der Waals surface area contributed by atoms with E-state index < -0.39 is 6.03 Å². The van der Waals surface area contributed by atoms with Crippen LogP contribution in [0, 0.1) is 0 Å². The van der Waals surface area contributed by atoms with Gasteiger partial charge in [-0.05, 0) is 17.5 Å². The summed E-state index contributed by atoms with van der Waals surface area (Å²) in [5.74, 6) is 0.0833. The van der Waals surface area contributed by atoms with Gasteiger partial charge in [-0.3, -0.25) is 0 Å². The van der Waals surface area contributed by atoms with Crippen LogP contribution in [-0.4, -0.2) is 17.4 Å². The van der Waals surface area contributed by atoms with Gasteiger partial charge in [0.1, 0.15) is 13.3 Å². The van der Waals surface area contributed by atoms with Gasteiger partial charge >= 0.3 is 6.03 Å². The molecule has 0 atom stereocenters. The highest BCUT2D eigenvalue weighted by Gasteiger charge is 2.09. The zero-order valence-electron chi connectivity index (χ0n) is 13.5. The number of amides is 2. The number of carbonyl (C=O) groups is 1. The number of nitrogens with zero attached hydrogens (tertiary/aromatic N) is 2. The lowest BCUT2D eigenvalue weighted by Crippen LogP contribution is -3.00. The zero-order chi connectivity index (χ0) is 16.9. The quantitative estimate of drug-likeness (QED) is 0.337. The number of aromatic hydroxyl groups is 1. The van der Waals surface area contributed by atoms with Gasteiger partial charge in [0.15, 0.2) is 11.9 Å². The van der Waals surface area contributed by atoms with E-state index in [1.807, 2.05) is 42.5 Å². The summed E-state index contributed by atoms with van der Waals surface area (Å²) in [7, 11) is 1.78. The van der Waals surface area contributed by atoms with Gasteiger partial charge in [-0.15, -0.1) is 0 Å². The van der Waals surface area contributed by atoms with Crippen LogP contribution < -0.4 is 27.7 Å². The number of aryl methyl sites for hydroxylation is 1. The summed E-state index contributed by atoms with van der Waals surface area (Å²) in [6.07, 6.45) is 3.16. The maximum atomic E-state index is 12.0. The van der Waals surface area contributed by atoms with Crippen LogP contribution in [0.1, 0.15) is 5.69 Å². The molecular weight excluding hydrogens is 340 g/mol. The van der Waals surface area contributed by atoms with Crippen molar-refractivity contribution in [2.45, 2.75) is 0 Å². The summed E-state index contributed by atoms with van der Waals surface area (Å²) >= 11 is 0. The Kier molecular flexibility index (Phi) is 5.92. The predicted octanol–water partition coefficient (Wildman–Crippen LogP) is -0.470. The van der Waals surface area contributed by atoms with Crippen molar-refractivity contribution in [3.63, 3.8) is 0 Å². The van der Waals surface area contributed by atoms with Crippen molar-refractivity contribution >= 4 is 28.7 Å². The van der Waals surface area contributed by atoms with Crippen LogP contribution >= 0.6 is 0 Å². The molecule has 0 aliphatic carbocycles. The molecule has 2 aromatic carbocycles. The van der Waals surface area contributed by atoms with Crippen LogP contribution in [-0.2, 0) is 7.05 Å². The number of rotatable bonds is 3. The predicted molar refractivity (Wildman–Crippen MR) is 93.0 cm³/mol. The number of pyridine rings is 1. The van der Waals surface area contributed by atoms with E-state index in [2.05, 4.69) is 15.8 Å². The molecule has 3 aromatic rings. The molecule has 0 unspecified atom stereocenters. The highest BCUT2D eigenvalue weighted by molar-refractivity contribution is 6.01. The van der Waals surface area contributed by atoms with Crippen LogP contribution in [0.25, 0.3) is 10.8 Å². The van der Waals surface area contributed by atoms with Crippen molar-refractivity contribution in [3.05, 3.63) is 66.5 Å². The molecule has 0 saturated carbocycles. The molecule has 128 valence electrons. The second-order valence-corrected chi connectivity index (χ2v) is 5.24. The van der Waals surface area contributed by atoms with Crippen LogP contribution in [0.5, 0.6) is 5.75 Å². The summed E-state index contributed by atoms with van der Waals surface area (Å²) in [6, 6.07) is 16.3. The molecule has 0 saturated heterocycles. The second-order valence-electron chi connectivity index (χ2n) is 5.24. The average Bonchev–Trinajstić information content (AvgIpc) is 2.58. The van der Waals surface area contributed by atoms with Crippen LogP contribution in [0.4, 0.5) is 10.5 Å². The minimum Gasteiger partial charge on any atom is -1.00 e. The highest BCUT2D eigenvalue weighted by atomic mass is 35.5. The number of hydrogen-bond donors (Lipinski definition) is 3. The van der Waals surface area contributed by atoms with Crippen molar-refractivity contribution in [1.82, 2.24) is 5.43 Å². The Morgan fingerprint density at radius 3 is 2.68 bits per heavy atom. The Morgan fingerprint density at radius 1 is 1.12 bits per heavy atom. The van der Waals surface area contributed by atoms with E-state index in [4.69, 9.17) is 0 Å². The lowest BCUT2D eigenvalue weighted by molar-refractivity contribution is -0.672. The fourth-order valence-corrected chi connectivity index (χ4v) is 2.40. The lowest BCUT2D eigenvalue weighted by atomic mass is 10.1. The number of halogens is 1. The smallest absolute Gasteiger partial charge is 0.339 e. The fourth-order valence-electron chi connectivity index (χ4n) is 2.40. The van der Waals surface area contributed by atoms with Crippen LogP contribution in [0.15, 0.2) is 65.9 Å². The van der Waals surface area contributed by atoms with E-state index in [0.29, 0.717) is 11.4 Å². The molecule has 6 nitrogen and oxygen atoms in total. The first-order valence-electron chi connectivity index (χ1n) is 7.40. The summed E-state index contributed by atoms with van der Waals surface area (Å²) in [5, 5.41) is 18.4. The molecule has 2 amide bonds. The van der Waals surface area contributed by atoms with Crippen molar-refractivity contribution in [1.29, 1.82) is 0 Å². The third kappa shape index (κ3) is 4.24. The third-order valence-electron chi connectivity index (χ3n) is 3.60. The van der Waals surface area contributed by atoms with E-state index in [-0.39, 0.29) is 18.2 Å². The lowest BCUT2D eigenvalue weighted by Gasteiger charge is -2.07. The van der Waals surface area contributed by atoms with Crippen molar-refractivity contribution in [2.24, 2.45) is 12.1 Å². The summed E-state index contributed by atoms with van der Waals surface area (Å²) in [6.45, 7) is 0. The van der Waals surface area contributed by atoms with Crippen LogP contribution in [0.3, 0.4) is 0 Å². The molecule has 0 fully saturated rings. The number of fused-ring (bicyclic) bond motifs is 1. The van der Waals surface area contributed by atoms with Gasteiger partial charge in [-0.2, -0.15) is 9.67 Å². The maximum Gasteiger partial charge on any atom is 0.339 e. The number of hydrazone groups is 1. The summed E-state index contributed by atoms with van der Waals surface area (Å²) in [5.41, 5.74) is 3.59. The van der Waals surface area contributed by atoms with Gasteiger partial charge in [-0.25, -0.2) is 10.2 Å². The minimum atomic E-state index is -0.458. The molecule has 7 heteroatoms. The Balaban J connectivity index is 0.00000225. The molecular formula is C18H17ClN4O2. The molecule has 1 heterocycles. The number of anilines is 1. The molecule has 3 N–H and O–H groups in total. The topological polar surface area (TPSA) is 77.6 Å². The zero-order valence-corrected chi connectivity index (χ0v) is 14.2. The number of benzene rings is 2. The number of carbonyl (C=O) groups excluding carboxylic acids is 1. The largest absolute Gasteiger partial charge is 1.00 e. The first-order chi connectivity index (χ1) is 11.6.